The van der Waals surface area contributed by atoms with Crippen LogP contribution in [0.15, 0.2) is 47.4 Å². The van der Waals surface area contributed by atoms with E-state index < -0.39 is 34.3 Å². The Labute approximate surface area is 150 Å². The van der Waals surface area contributed by atoms with Gasteiger partial charge in [0.25, 0.3) is 0 Å². The van der Waals surface area contributed by atoms with Crippen molar-refractivity contribution in [2.75, 3.05) is 19.0 Å². The minimum absolute atomic E-state index is 0.103. The number of esters is 1. The van der Waals surface area contributed by atoms with Crippen molar-refractivity contribution in [3.05, 3.63) is 59.4 Å². The number of sulfonamides is 1. The molecule has 7 nitrogen and oxygen atoms in total. The Morgan fingerprint density at radius 3 is 2.35 bits per heavy atom. The van der Waals surface area contributed by atoms with Crippen LogP contribution in [0.3, 0.4) is 0 Å². The van der Waals surface area contributed by atoms with Crippen LogP contribution in [0.1, 0.15) is 15.9 Å². The average molecular weight is 380 g/mol. The normalized spacial score (nSPS) is 11.0. The molecule has 2 N–H and O–H groups in total. The van der Waals surface area contributed by atoms with Gasteiger partial charge in [0.15, 0.2) is 0 Å². The number of hydrogen-bond acceptors (Lipinski definition) is 5. The summed E-state index contributed by atoms with van der Waals surface area (Å²) in [5.74, 6) is -1.65. The molecule has 2 rings (SSSR count). The molecular formula is C17H17FN2O5S. The van der Waals surface area contributed by atoms with E-state index in [1.165, 1.54) is 38.3 Å². The minimum Gasteiger partial charge on any atom is -0.465 e. The summed E-state index contributed by atoms with van der Waals surface area (Å²) in [5, 5.41) is 2.50. The number of anilines is 1. The van der Waals surface area contributed by atoms with E-state index in [-0.39, 0.29) is 10.5 Å². The van der Waals surface area contributed by atoms with Crippen LogP contribution in [0, 0.1) is 12.7 Å². The summed E-state index contributed by atoms with van der Waals surface area (Å²) >= 11 is 0. The second-order valence-electron chi connectivity index (χ2n) is 5.35. The quantitative estimate of drug-likeness (QED) is 0.745. The summed E-state index contributed by atoms with van der Waals surface area (Å²) in [4.78, 5) is 23.1. The number of hydrogen-bond donors (Lipinski definition) is 2. The van der Waals surface area contributed by atoms with E-state index in [0.717, 1.165) is 18.2 Å². The van der Waals surface area contributed by atoms with Gasteiger partial charge in [0, 0.05) is 5.69 Å². The molecule has 138 valence electrons. The monoisotopic (exact) mass is 380 g/mol. The number of amides is 1. The number of aryl methyl sites for hydroxylation is 1. The van der Waals surface area contributed by atoms with Crippen molar-refractivity contribution >= 4 is 27.6 Å². The number of carbonyl (C=O) groups is 2. The Morgan fingerprint density at radius 1 is 1.12 bits per heavy atom. The maximum Gasteiger partial charge on any atom is 0.337 e. The van der Waals surface area contributed by atoms with Crippen molar-refractivity contribution in [3.8, 4) is 0 Å². The highest BCUT2D eigenvalue weighted by Crippen LogP contribution is 2.16. The van der Waals surface area contributed by atoms with Crippen LogP contribution in [0.2, 0.25) is 0 Å². The Kier molecular flexibility index (Phi) is 6.06. The van der Waals surface area contributed by atoms with Crippen molar-refractivity contribution < 1.29 is 27.1 Å². The standard InChI is InChI=1S/C17H17FN2O5S/c1-11-9-13(18)5-8-15(11)26(23,24)19-10-16(21)20-14-6-3-12(4-7-14)17(22)25-2/h3-9,19H,10H2,1-2H3,(H,20,21). The second kappa shape index (κ2) is 8.07. The molecule has 2 aromatic carbocycles. The van der Waals surface area contributed by atoms with Gasteiger partial charge >= 0.3 is 5.97 Å². The van der Waals surface area contributed by atoms with Gasteiger partial charge in [0.1, 0.15) is 5.82 Å². The minimum atomic E-state index is -3.96. The third-order valence-corrected chi connectivity index (χ3v) is 5.00. The lowest BCUT2D eigenvalue weighted by atomic mass is 10.2. The molecule has 0 heterocycles. The summed E-state index contributed by atoms with van der Waals surface area (Å²) in [5.41, 5.74) is 0.939. The highest BCUT2D eigenvalue weighted by molar-refractivity contribution is 7.89. The van der Waals surface area contributed by atoms with Crippen molar-refractivity contribution in [1.82, 2.24) is 4.72 Å². The van der Waals surface area contributed by atoms with Crippen molar-refractivity contribution in [2.24, 2.45) is 0 Å². The zero-order valence-corrected chi connectivity index (χ0v) is 14.9. The maximum atomic E-state index is 13.1. The van der Waals surface area contributed by atoms with E-state index in [0.29, 0.717) is 11.3 Å². The zero-order valence-electron chi connectivity index (χ0n) is 14.1. The molecule has 0 aliphatic carbocycles. The topological polar surface area (TPSA) is 102 Å². The maximum absolute atomic E-state index is 13.1. The van der Waals surface area contributed by atoms with Crippen LogP contribution in [-0.4, -0.2) is 33.9 Å². The molecule has 0 aliphatic heterocycles. The predicted octanol–water partition coefficient (Wildman–Crippen LogP) is 1.84. The summed E-state index contributed by atoms with van der Waals surface area (Å²) in [6.07, 6.45) is 0. The van der Waals surface area contributed by atoms with Crippen LogP contribution in [0.4, 0.5) is 10.1 Å². The first kappa shape index (κ1) is 19.5. The van der Waals surface area contributed by atoms with E-state index in [1.54, 1.807) is 0 Å². The third kappa shape index (κ3) is 4.87. The Bertz CT molecular complexity index is 927. The third-order valence-electron chi connectivity index (χ3n) is 3.44. The van der Waals surface area contributed by atoms with Gasteiger partial charge in [0.2, 0.25) is 15.9 Å². The number of carbonyl (C=O) groups excluding carboxylic acids is 2. The van der Waals surface area contributed by atoms with Gasteiger partial charge in [-0.2, -0.15) is 0 Å². The number of nitrogens with one attached hydrogen (secondary N) is 2. The molecule has 1 amide bonds. The lowest BCUT2D eigenvalue weighted by molar-refractivity contribution is -0.115. The Balaban J connectivity index is 1.98. The van der Waals surface area contributed by atoms with Gasteiger partial charge in [-0.1, -0.05) is 0 Å². The first-order chi connectivity index (χ1) is 12.2. The number of benzene rings is 2. The van der Waals surface area contributed by atoms with Gasteiger partial charge in [-0.3, -0.25) is 4.79 Å². The van der Waals surface area contributed by atoms with Crippen LogP contribution < -0.4 is 10.0 Å². The Hall–Kier alpha value is -2.78. The van der Waals surface area contributed by atoms with Gasteiger partial charge in [-0.05, 0) is 55.0 Å². The smallest absolute Gasteiger partial charge is 0.337 e. The van der Waals surface area contributed by atoms with E-state index in [2.05, 4.69) is 14.8 Å². The lowest BCUT2D eigenvalue weighted by Gasteiger charge is -2.10. The zero-order chi connectivity index (χ0) is 19.3. The predicted molar refractivity (Wildman–Crippen MR) is 92.7 cm³/mol. The number of ether oxygens (including phenoxy) is 1. The van der Waals surface area contributed by atoms with Crippen LogP contribution in [0.25, 0.3) is 0 Å². The molecule has 0 atom stereocenters. The van der Waals surface area contributed by atoms with E-state index in [1.807, 2.05) is 0 Å². The summed E-state index contributed by atoms with van der Waals surface area (Å²) in [6, 6.07) is 9.17. The fourth-order valence-electron chi connectivity index (χ4n) is 2.17. The van der Waals surface area contributed by atoms with Gasteiger partial charge < -0.3 is 10.1 Å². The molecule has 0 radical (unpaired) electrons. The first-order valence-corrected chi connectivity index (χ1v) is 8.95. The van der Waals surface area contributed by atoms with E-state index in [9.17, 15) is 22.4 Å². The number of methoxy groups -OCH3 is 1. The van der Waals surface area contributed by atoms with Crippen LogP contribution in [-0.2, 0) is 19.6 Å². The van der Waals surface area contributed by atoms with E-state index >= 15 is 0 Å². The molecule has 0 aliphatic rings. The molecule has 0 bridgehead atoms. The fraction of sp³-hybridized carbons (Fsp3) is 0.176. The van der Waals surface area contributed by atoms with Crippen LogP contribution in [0.5, 0.6) is 0 Å². The highest BCUT2D eigenvalue weighted by atomic mass is 32.2. The molecule has 2 aromatic rings. The first-order valence-electron chi connectivity index (χ1n) is 7.47. The number of rotatable bonds is 6. The largest absolute Gasteiger partial charge is 0.465 e. The lowest BCUT2D eigenvalue weighted by Crippen LogP contribution is -2.33. The molecule has 0 saturated carbocycles. The molecule has 9 heteroatoms. The van der Waals surface area contributed by atoms with Crippen molar-refractivity contribution in [3.63, 3.8) is 0 Å². The van der Waals surface area contributed by atoms with Gasteiger partial charge in [0.05, 0.1) is 24.1 Å². The molecule has 0 unspecified atom stereocenters. The van der Waals surface area contributed by atoms with Gasteiger partial charge in [-0.25, -0.2) is 22.3 Å². The van der Waals surface area contributed by atoms with Gasteiger partial charge in [-0.15, -0.1) is 0 Å². The molecular weight excluding hydrogens is 363 g/mol. The SMILES string of the molecule is COC(=O)c1ccc(NC(=O)CNS(=O)(=O)c2ccc(F)cc2C)cc1. The summed E-state index contributed by atoms with van der Waals surface area (Å²) in [6.45, 7) is 0.957. The van der Waals surface area contributed by atoms with Crippen molar-refractivity contribution in [1.29, 1.82) is 0 Å². The second-order valence-corrected chi connectivity index (χ2v) is 7.09. The summed E-state index contributed by atoms with van der Waals surface area (Å²) < 4.78 is 44.2. The molecule has 0 fully saturated rings. The number of halogens is 1. The fourth-order valence-corrected chi connectivity index (χ4v) is 3.37. The molecule has 0 saturated heterocycles. The van der Waals surface area contributed by atoms with E-state index in [4.69, 9.17) is 0 Å². The highest BCUT2D eigenvalue weighted by Gasteiger charge is 2.18. The molecule has 0 spiro atoms. The average Bonchev–Trinajstić information content (AvgIpc) is 2.60. The Morgan fingerprint density at radius 2 is 1.77 bits per heavy atom. The molecule has 26 heavy (non-hydrogen) atoms. The van der Waals surface area contributed by atoms with Crippen LogP contribution >= 0.6 is 0 Å². The summed E-state index contributed by atoms with van der Waals surface area (Å²) in [7, 11) is -2.70. The molecule has 0 aromatic heterocycles. The van der Waals surface area contributed by atoms with Crippen molar-refractivity contribution in [2.45, 2.75) is 11.8 Å².